The highest BCUT2D eigenvalue weighted by Crippen LogP contribution is 2.40. The molecule has 5 heteroatoms. The molecule has 0 aliphatic heterocycles. The molecule has 0 amide bonds. The van der Waals surface area contributed by atoms with Crippen molar-refractivity contribution in [3.8, 4) is 5.75 Å². The minimum Gasteiger partial charge on any atom is -0.497 e. The molecule has 0 saturated carbocycles. The van der Waals surface area contributed by atoms with Gasteiger partial charge in [0.25, 0.3) is 0 Å². The number of aliphatic hydroxyl groups is 1. The van der Waals surface area contributed by atoms with Crippen molar-refractivity contribution in [2.24, 2.45) is 5.92 Å². The standard InChI is InChI=1S/C22H36O4Si/c1-16-8-13-20(26-27(6,7)22(2,3)4)19(14-23)21(16)25-15-17-9-11-18(24-5)12-10-17/h8-12,19-21,23H,13-15H2,1-7H3/t19-,20+,21+/m1/s1. The lowest BCUT2D eigenvalue weighted by molar-refractivity contribution is -0.0472. The maximum absolute atomic E-state index is 10.1. The Bertz CT molecular complexity index is 631. The zero-order valence-electron chi connectivity index (χ0n) is 17.9. The van der Waals surface area contributed by atoms with Gasteiger partial charge in [-0.15, -0.1) is 0 Å². The Morgan fingerprint density at radius 1 is 1.15 bits per heavy atom. The molecule has 0 bridgehead atoms. The van der Waals surface area contributed by atoms with Crippen molar-refractivity contribution in [3.63, 3.8) is 0 Å². The van der Waals surface area contributed by atoms with Crippen LogP contribution < -0.4 is 4.74 Å². The molecule has 0 spiro atoms. The highest BCUT2D eigenvalue weighted by Gasteiger charge is 2.43. The summed E-state index contributed by atoms with van der Waals surface area (Å²) in [5.74, 6) is 0.797. The van der Waals surface area contributed by atoms with E-state index in [2.05, 4.69) is 46.9 Å². The summed E-state index contributed by atoms with van der Waals surface area (Å²) in [7, 11) is -0.246. The lowest BCUT2D eigenvalue weighted by Crippen LogP contribution is -2.50. The van der Waals surface area contributed by atoms with E-state index in [0.29, 0.717) is 6.61 Å². The summed E-state index contributed by atoms with van der Waals surface area (Å²) in [6.45, 7) is 13.9. The second kappa shape index (κ2) is 8.91. The topological polar surface area (TPSA) is 47.9 Å². The Balaban J connectivity index is 2.10. The van der Waals surface area contributed by atoms with E-state index in [1.165, 1.54) is 5.57 Å². The van der Waals surface area contributed by atoms with Gasteiger partial charge in [-0.25, -0.2) is 0 Å². The fraction of sp³-hybridized carbons (Fsp3) is 0.636. The highest BCUT2D eigenvalue weighted by molar-refractivity contribution is 6.74. The van der Waals surface area contributed by atoms with Gasteiger partial charge in [0.1, 0.15) is 5.75 Å². The average Bonchev–Trinajstić information content (AvgIpc) is 2.61. The molecule has 1 aromatic rings. The minimum atomic E-state index is -1.91. The van der Waals surface area contributed by atoms with Gasteiger partial charge in [0, 0.05) is 5.92 Å². The first-order valence-corrected chi connectivity index (χ1v) is 12.7. The van der Waals surface area contributed by atoms with Crippen LogP contribution in [0.1, 0.15) is 39.7 Å². The third kappa shape index (κ3) is 5.44. The maximum atomic E-state index is 10.1. The van der Waals surface area contributed by atoms with Crippen LogP contribution in [-0.2, 0) is 15.8 Å². The quantitative estimate of drug-likeness (QED) is 0.528. The van der Waals surface area contributed by atoms with Crippen LogP contribution in [0.5, 0.6) is 5.75 Å². The van der Waals surface area contributed by atoms with Crippen molar-refractivity contribution in [2.75, 3.05) is 13.7 Å². The molecule has 0 fully saturated rings. The number of methoxy groups -OCH3 is 1. The number of aliphatic hydroxyl groups excluding tert-OH is 1. The van der Waals surface area contributed by atoms with Gasteiger partial charge in [-0.3, -0.25) is 0 Å². The summed E-state index contributed by atoms with van der Waals surface area (Å²) in [4.78, 5) is 0. The van der Waals surface area contributed by atoms with Gasteiger partial charge in [0.05, 0.1) is 32.5 Å². The summed E-state index contributed by atoms with van der Waals surface area (Å²) >= 11 is 0. The van der Waals surface area contributed by atoms with Crippen LogP contribution in [0, 0.1) is 5.92 Å². The van der Waals surface area contributed by atoms with Gasteiger partial charge < -0.3 is 19.0 Å². The monoisotopic (exact) mass is 392 g/mol. The zero-order chi connectivity index (χ0) is 20.2. The summed E-state index contributed by atoms with van der Waals surface area (Å²) in [6.07, 6.45) is 2.93. The van der Waals surface area contributed by atoms with Crippen LogP contribution in [-0.4, -0.2) is 39.3 Å². The Hall–Kier alpha value is -1.14. The molecule has 0 heterocycles. The van der Waals surface area contributed by atoms with Gasteiger partial charge in [0.2, 0.25) is 0 Å². The van der Waals surface area contributed by atoms with E-state index in [1.807, 2.05) is 24.3 Å². The normalized spacial score (nSPS) is 23.9. The summed E-state index contributed by atoms with van der Waals surface area (Å²) in [5.41, 5.74) is 2.27. The molecule has 0 saturated heterocycles. The number of hydrogen-bond donors (Lipinski definition) is 1. The summed E-state index contributed by atoms with van der Waals surface area (Å²) < 4.78 is 18.1. The Morgan fingerprint density at radius 2 is 1.78 bits per heavy atom. The Labute approximate surface area is 165 Å². The van der Waals surface area contributed by atoms with Crippen molar-refractivity contribution in [1.29, 1.82) is 0 Å². The smallest absolute Gasteiger partial charge is 0.192 e. The summed E-state index contributed by atoms with van der Waals surface area (Å²) in [5, 5.41) is 10.3. The van der Waals surface area contributed by atoms with E-state index in [4.69, 9.17) is 13.9 Å². The fourth-order valence-corrected chi connectivity index (χ4v) is 4.57. The van der Waals surface area contributed by atoms with Crippen LogP contribution in [0.3, 0.4) is 0 Å². The van der Waals surface area contributed by atoms with E-state index < -0.39 is 8.32 Å². The molecule has 0 unspecified atom stereocenters. The van der Waals surface area contributed by atoms with E-state index in [-0.39, 0.29) is 29.8 Å². The second-order valence-electron chi connectivity index (χ2n) is 9.03. The largest absolute Gasteiger partial charge is 0.497 e. The molecule has 1 aliphatic rings. The fourth-order valence-electron chi connectivity index (χ4n) is 3.19. The van der Waals surface area contributed by atoms with Gasteiger partial charge in [-0.2, -0.15) is 0 Å². The molecule has 27 heavy (non-hydrogen) atoms. The van der Waals surface area contributed by atoms with Gasteiger partial charge in [-0.05, 0) is 54.7 Å². The molecule has 152 valence electrons. The molecule has 1 aromatic carbocycles. The molecular formula is C22H36O4Si. The van der Waals surface area contributed by atoms with Crippen molar-refractivity contribution < 1.29 is 19.0 Å². The van der Waals surface area contributed by atoms with Crippen molar-refractivity contribution in [2.45, 2.75) is 71.1 Å². The molecule has 2 rings (SSSR count). The Morgan fingerprint density at radius 3 is 2.30 bits per heavy atom. The molecular weight excluding hydrogens is 356 g/mol. The summed E-state index contributed by atoms with van der Waals surface area (Å²) in [6, 6.07) is 7.90. The second-order valence-corrected chi connectivity index (χ2v) is 13.8. The molecule has 0 radical (unpaired) electrons. The molecule has 4 nitrogen and oxygen atoms in total. The van der Waals surface area contributed by atoms with Crippen LogP contribution in [0.4, 0.5) is 0 Å². The van der Waals surface area contributed by atoms with E-state index in [1.54, 1.807) is 7.11 Å². The first-order chi connectivity index (χ1) is 12.6. The van der Waals surface area contributed by atoms with Crippen LogP contribution in [0.15, 0.2) is 35.9 Å². The molecule has 0 aromatic heterocycles. The first kappa shape index (κ1) is 22.1. The lowest BCUT2D eigenvalue weighted by Gasteiger charge is -2.44. The number of ether oxygens (including phenoxy) is 2. The van der Waals surface area contributed by atoms with Crippen LogP contribution in [0.25, 0.3) is 0 Å². The molecule has 3 atom stereocenters. The average molecular weight is 393 g/mol. The predicted molar refractivity (Wildman–Crippen MR) is 113 cm³/mol. The number of rotatable bonds is 7. The first-order valence-electron chi connectivity index (χ1n) is 9.79. The Kier molecular flexibility index (Phi) is 7.31. The minimum absolute atomic E-state index is 0.000425. The van der Waals surface area contributed by atoms with Crippen LogP contribution in [0.2, 0.25) is 18.1 Å². The van der Waals surface area contributed by atoms with Crippen molar-refractivity contribution in [3.05, 3.63) is 41.5 Å². The third-order valence-electron chi connectivity index (χ3n) is 6.04. The zero-order valence-corrected chi connectivity index (χ0v) is 18.9. The van der Waals surface area contributed by atoms with E-state index >= 15 is 0 Å². The SMILES string of the molecule is COc1ccc(CO[C@H]2C(C)=CC[C@H](O[Si](C)(C)C(C)(C)C)[C@H]2CO)cc1. The molecule has 1 aliphatic carbocycles. The van der Waals surface area contributed by atoms with Gasteiger partial charge in [0.15, 0.2) is 8.32 Å². The van der Waals surface area contributed by atoms with Crippen LogP contribution >= 0.6 is 0 Å². The number of benzene rings is 1. The third-order valence-corrected chi connectivity index (χ3v) is 10.5. The van der Waals surface area contributed by atoms with Crippen molar-refractivity contribution in [1.82, 2.24) is 0 Å². The predicted octanol–water partition coefficient (Wildman–Crippen LogP) is 4.93. The van der Waals surface area contributed by atoms with Gasteiger partial charge >= 0.3 is 0 Å². The lowest BCUT2D eigenvalue weighted by atomic mass is 9.84. The van der Waals surface area contributed by atoms with E-state index in [9.17, 15) is 5.11 Å². The molecule has 1 N–H and O–H groups in total. The highest BCUT2D eigenvalue weighted by atomic mass is 28.4. The maximum Gasteiger partial charge on any atom is 0.192 e. The van der Waals surface area contributed by atoms with Gasteiger partial charge in [-0.1, -0.05) is 39.0 Å². The van der Waals surface area contributed by atoms with Crippen molar-refractivity contribution >= 4 is 8.32 Å². The van der Waals surface area contributed by atoms with E-state index in [0.717, 1.165) is 17.7 Å². The number of hydrogen-bond acceptors (Lipinski definition) is 4.